The molecule has 0 fully saturated rings. The van der Waals surface area contributed by atoms with Gasteiger partial charge in [-0.15, -0.1) is 5.10 Å². The van der Waals surface area contributed by atoms with Crippen LogP contribution in [0.4, 0.5) is 0 Å². The maximum atomic E-state index is 9.95. The number of hydrogen-bond acceptors (Lipinski definition) is 5. The van der Waals surface area contributed by atoms with Crippen molar-refractivity contribution in [3.05, 3.63) is 64.7 Å². The summed E-state index contributed by atoms with van der Waals surface area (Å²) in [5.74, 6) is 0.726. The molecular weight excluding hydrogens is 352 g/mol. The number of rotatable bonds is 2. The van der Waals surface area contributed by atoms with E-state index in [2.05, 4.69) is 37.0 Å². The van der Waals surface area contributed by atoms with Crippen LogP contribution in [0.5, 0.6) is 11.6 Å². The Bertz CT molecular complexity index is 1150. The normalized spacial score (nSPS) is 16.5. The van der Waals surface area contributed by atoms with Crippen LogP contribution in [0, 0.1) is 11.3 Å². The van der Waals surface area contributed by atoms with Gasteiger partial charge in [-0.2, -0.15) is 5.26 Å². The summed E-state index contributed by atoms with van der Waals surface area (Å²) in [5.41, 5.74) is 8.87. The minimum Gasteiger partial charge on any atom is -0.496 e. The fraction of sp³-hybridized carbons (Fsp3) is 0.273. The Morgan fingerprint density at radius 1 is 1.18 bits per heavy atom. The molecule has 1 aliphatic heterocycles. The molecule has 1 aromatic heterocycles. The topological polar surface area (TPSA) is 96.9 Å². The first kappa shape index (κ1) is 17.9. The molecule has 0 saturated heterocycles. The molecule has 0 amide bonds. The molecule has 2 heterocycles. The summed E-state index contributed by atoms with van der Waals surface area (Å²) in [4.78, 5) is 0. The lowest BCUT2D eigenvalue weighted by molar-refractivity contribution is 0.374. The van der Waals surface area contributed by atoms with Gasteiger partial charge < -0.3 is 15.2 Å². The molecule has 2 aromatic carbocycles. The zero-order chi connectivity index (χ0) is 20.1. The SMILES string of the molecule is COc1ccc2ccccc2c1C1C(C#N)=C(N)Oc2n[nH]c(C(C)(C)C)c21. The van der Waals surface area contributed by atoms with Crippen LogP contribution in [0.25, 0.3) is 10.8 Å². The number of nitriles is 1. The molecule has 28 heavy (non-hydrogen) atoms. The number of allylic oxidation sites excluding steroid dienone is 1. The lowest BCUT2D eigenvalue weighted by Crippen LogP contribution is -2.24. The largest absolute Gasteiger partial charge is 0.496 e. The number of hydrogen-bond donors (Lipinski definition) is 2. The first-order chi connectivity index (χ1) is 13.4. The smallest absolute Gasteiger partial charge is 0.244 e. The van der Waals surface area contributed by atoms with Crippen molar-refractivity contribution >= 4 is 10.8 Å². The van der Waals surface area contributed by atoms with E-state index < -0.39 is 5.92 Å². The molecule has 6 heteroatoms. The molecule has 3 aromatic rings. The number of nitrogens with zero attached hydrogens (tertiary/aromatic N) is 2. The zero-order valence-corrected chi connectivity index (χ0v) is 16.3. The van der Waals surface area contributed by atoms with Crippen LogP contribution in [0.1, 0.15) is 43.5 Å². The number of ether oxygens (including phenoxy) is 2. The summed E-state index contributed by atoms with van der Waals surface area (Å²) in [7, 11) is 1.63. The van der Waals surface area contributed by atoms with Gasteiger partial charge in [0.2, 0.25) is 11.8 Å². The predicted octanol–water partition coefficient (Wildman–Crippen LogP) is 4.09. The summed E-state index contributed by atoms with van der Waals surface area (Å²) in [6.07, 6.45) is 0. The van der Waals surface area contributed by atoms with Gasteiger partial charge in [0.25, 0.3) is 0 Å². The van der Waals surface area contributed by atoms with E-state index in [0.29, 0.717) is 17.2 Å². The highest BCUT2D eigenvalue weighted by Gasteiger charge is 2.39. The third-order valence-corrected chi connectivity index (χ3v) is 5.13. The highest BCUT2D eigenvalue weighted by Crippen LogP contribution is 2.49. The van der Waals surface area contributed by atoms with Crippen molar-refractivity contribution < 1.29 is 9.47 Å². The van der Waals surface area contributed by atoms with E-state index in [9.17, 15) is 5.26 Å². The van der Waals surface area contributed by atoms with Crippen LogP contribution in [0.15, 0.2) is 47.9 Å². The highest BCUT2D eigenvalue weighted by molar-refractivity contribution is 5.90. The van der Waals surface area contributed by atoms with E-state index in [1.807, 2.05) is 36.4 Å². The molecule has 0 bridgehead atoms. The average Bonchev–Trinajstić information content (AvgIpc) is 3.10. The maximum absolute atomic E-state index is 9.95. The van der Waals surface area contributed by atoms with Crippen LogP contribution in [-0.2, 0) is 5.41 Å². The maximum Gasteiger partial charge on any atom is 0.244 e. The van der Waals surface area contributed by atoms with Gasteiger partial charge in [-0.25, -0.2) is 0 Å². The molecule has 1 atom stereocenters. The summed E-state index contributed by atoms with van der Waals surface area (Å²) in [6, 6.07) is 14.2. The Morgan fingerprint density at radius 2 is 1.93 bits per heavy atom. The van der Waals surface area contributed by atoms with E-state index in [1.54, 1.807) is 7.11 Å². The Balaban J connectivity index is 2.12. The molecule has 6 nitrogen and oxygen atoms in total. The number of benzene rings is 2. The van der Waals surface area contributed by atoms with Gasteiger partial charge in [0.1, 0.15) is 17.4 Å². The third kappa shape index (κ3) is 2.59. The number of H-pyrrole nitrogens is 1. The zero-order valence-electron chi connectivity index (χ0n) is 16.3. The van der Waals surface area contributed by atoms with Crippen LogP contribution in [0.3, 0.4) is 0 Å². The average molecular weight is 374 g/mol. The quantitative estimate of drug-likeness (QED) is 0.704. The number of methoxy groups -OCH3 is 1. The monoisotopic (exact) mass is 374 g/mol. The molecule has 0 spiro atoms. The van der Waals surface area contributed by atoms with Crippen molar-refractivity contribution in [2.75, 3.05) is 7.11 Å². The van der Waals surface area contributed by atoms with Crippen LogP contribution in [0.2, 0.25) is 0 Å². The summed E-state index contributed by atoms with van der Waals surface area (Å²) < 4.78 is 11.4. The number of fused-ring (bicyclic) bond motifs is 2. The number of nitrogens with two attached hydrogens (primary N) is 1. The molecule has 3 N–H and O–H groups in total. The van der Waals surface area contributed by atoms with E-state index in [4.69, 9.17) is 15.2 Å². The Labute approximate surface area is 163 Å². The van der Waals surface area contributed by atoms with Crippen LogP contribution in [-0.4, -0.2) is 17.3 Å². The van der Waals surface area contributed by atoms with Crippen molar-refractivity contribution in [2.24, 2.45) is 5.73 Å². The molecule has 1 unspecified atom stereocenters. The van der Waals surface area contributed by atoms with Gasteiger partial charge in [0, 0.05) is 16.7 Å². The van der Waals surface area contributed by atoms with Crippen LogP contribution >= 0.6 is 0 Å². The minimum atomic E-state index is -0.442. The predicted molar refractivity (Wildman–Crippen MR) is 107 cm³/mol. The van der Waals surface area contributed by atoms with Gasteiger partial charge in [-0.1, -0.05) is 51.1 Å². The standard InChI is InChI=1S/C22H22N4O2/c1-22(2,3)19-18-17(14(11-23)20(24)28-21(18)26-25-19)16-13-8-6-5-7-12(13)9-10-15(16)27-4/h5-10,17H,24H2,1-4H3,(H,25,26). The van der Waals surface area contributed by atoms with Crippen molar-refractivity contribution in [2.45, 2.75) is 32.1 Å². The first-order valence-corrected chi connectivity index (χ1v) is 9.08. The number of aromatic nitrogens is 2. The van der Waals surface area contributed by atoms with E-state index in [0.717, 1.165) is 27.6 Å². The van der Waals surface area contributed by atoms with Crippen LogP contribution < -0.4 is 15.2 Å². The molecule has 0 aliphatic carbocycles. The first-order valence-electron chi connectivity index (χ1n) is 9.08. The highest BCUT2D eigenvalue weighted by atomic mass is 16.5. The summed E-state index contributed by atoms with van der Waals surface area (Å²) in [6.45, 7) is 6.27. The molecule has 142 valence electrons. The molecule has 1 aliphatic rings. The summed E-state index contributed by atoms with van der Waals surface area (Å²) in [5, 5.41) is 19.4. The minimum absolute atomic E-state index is 0.0712. The summed E-state index contributed by atoms with van der Waals surface area (Å²) >= 11 is 0. The lowest BCUT2D eigenvalue weighted by Gasteiger charge is -2.29. The Kier molecular flexibility index (Phi) is 4.04. The Morgan fingerprint density at radius 3 is 2.61 bits per heavy atom. The molecular formula is C22H22N4O2. The molecule has 0 saturated carbocycles. The van der Waals surface area contributed by atoms with Gasteiger partial charge in [0.05, 0.1) is 18.6 Å². The fourth-order valence-corrected chi connectivity index (χ4v) is 3.86. The van der Waals surface area contributed by atoms with Crippen molar-refractivity contribution in [3.8, 4) is 17.7 Å². The van der Waals surface area contributed by atoms with E-state index in [1.165, 1.54) is 0 Å². The molecule has 4 rings (SSSR count). The lowest BCUT2D eigenvalue weighted by atomic mass is 9.77. The fourth-order valence-electron chi connectivity index (χ4n) is 3.86. The van der Waals surface area contributed by atoms with Gasteiger partial charge in [-0.3, -0.25) is 5.10 Å². The number of nitrogens with one attached hydrogen (secondary N) is 1. The second-order valence-corrected chi connectivity index (χ2v) is 7.89. The second kappa shape index (κ2) is 6.31. The van der Waals surface area contributed by atoms with Crippen molar-refractivity contribution in [1.29, 1.82) is 5.26 Å². The van der Waals surface area contributed by atoms with Crippen molar-refractivity contribution in [3.63, 3.8) is 0 Å². The number of aromatic amines is 1. The van der Waals surface area contributed by atoms with Gasteiger partial charge in [-0.05, 0) is 16.8 Å². The van der Waals surface area contributed by atoms with Crippen molar-refractivity contribution in [1.82, 2.24) is 10.2 Å². The van der Waals surface area contributed by atoms with E-state index >= 15 is 0 Å². The van der Waals surface area contributed by atoms with Gasteiger partial charge >= 0.3 is 0 Å². The van der Waals surface area contributed by atoms with E-state index in [-0.39, 0.29) is 11.3 Å². The van der Waals surface area contributed by atoms with Gasteiger partial charge in [0.15, 0.2) is 0 Å². The second-order valence-electron chi connectivity index (χ2n) is 7.89. The third-order valence-electron chi connectivity index (χ3n) is 5.13. The molecule has 0 radical (unpaired) electrons. The Hall–Kier alpha value is -3.46.